The lowest BCUT2D eigenvalue weighted by Crippen LogP contribution is -2.43. The van der Waals surface area contributed by atoms with E-state index >= 15 is 0 Å². The van der Waals surface area contributed by atoms with Crippen molar-refractivity contribution in [3.05, 3.63) is 24.2 Å². The molecule has 0 bridgehead atoms. The third-order valence-electron chi connectivity index (χ3n) is 2.85. The van der Waals surface area contributed by atoms with Crippen molar-refractivity contribution in [3.63, 3.8) is 0 Å². The molecule has 0 aromatic carbocycles. The van der Waals surface area contributed by atoms with Crippen LogP contribution in [0.15, 0.2) is 22.8 Å². The minimum absolute atomic E-state index is 0.0435. The van der Waals surface area contributed by atoms with Gasteiger partial charge in [0.05, 0.1) is 6.26 Å². The molecule has 1 unspecified atom stereocenters. The first kappa shape index (κ1) is 13.8. The second-order valence-corrected chi connectivity index (χ2v) is 5.08. The van der Waals surface area contributed by atoms with E-state index in [0.717, 1.165) is 5.76 Å². The summed E-state index contributed by atoms with van der Waals surface area (Å²) in [6.45, 7) is 6.32. The number of carbonyl (C=O) groups is 1. The Morgan fingerprint density at radius 1 is 1.59 bits per heavy atom. The lowest BCUT2D eigenvalue weighted by atomic mass is 9.88. The molecule has 96 valence electrons. The maximum Gasteiger partial charge on any atom is 0.225 e. The van der Waals surface area contributed by atoms with Gasteiger partial charge in [0.25, 0.3) is 0 Å². The fourth-order valence-electron chi connectivity index (χ4n) is 1.68. The summed E-state index contributed by atoms with van der Waals surface area (Å²) in [6.07, 6.45) is 3.03. The second kappa shape index (κ2) is 5.87. The predicted molar refractivity (Wildman–Crippen MR) is 67.5 cm³/mol. The number of hydrogen-bond acceptors (Lipinski definition) is 3. The van der Waals surface area contributed by atoms with Gasteiger partial charge < -0.3 is 15.5 Å². The van der Waals surface area contributed by atoms with Gasteiger partial charge in [-0.2, -0.15) is 0 Å². The third kappa shape index (κ3) is 4.23. The third-order valence-corrected chi connectivity index (χ3v) is 2.85. The zero-order valence-electron chi connectivity index (χ0n) is 10.8. The SMILES string of the molecule is CC(Cc1ccco1)NC(=O)C(C)(C)CCN. The number of rotatable bonds is 6. The van der Waals surface area contributed by atoms with E-state index in [4.69, 9.17) is 10.2 Å². The number of nitrogens with one attached hydrogen (secondary N) is 1. The first-order valence-corrected chi connectivity index (χ1v) is 5.99. The standard InChI is InChI=1S/C13H22N2O2/c1-10(9-11-5-4-8-17-11)15-12(16)13(2,3)6-7-14/h4-5,8,10H,6-7,9,14H2,1-3H3,(H,15,16). The van der Waals surface area contributed by atoms with Crippen LogP contribution in [0.5, 0.6) is 0 Å². The highest BCUT2D eigenvalue weighted by Crippen LogP contribution is 2.19. The summed E-state index contributed by atoms with van der Waals surface area (Å²) >= 11 is 0. The van der Waals surface area contributed by atoms with Crippen molar-refractivity contribution in [1.82, 2.24) is 5.32 Å². The van der Waals surface area contributed by atoms with Gasteiger partial charge in [0.15, 0.2) is 0 Å². The van der Waals surface area contributed by atoms with Gasteiger partial charge in [-0.15, -0.1) is 0 Å². The molecular weight excluding hydrogens is 216 g/mol. The molecule has 1 aromatic heterocycles. The highest BCUT2D eigenvalue weighted by atomic mass is 16.3. The fourth-order valence-corrected chi connectivity index (χ4v) is 1.68. The van der Waals surface area contributed by atoms with Crippen LogP contribution in [0.2, 0.25) is 0 Å². The van der Waals surface area contributed by atoms with E-state index in [0.29, 0.717) is 19.4 Å². The van der Waals surface area contributed by atoms with Crippen LogP contribution in [0.3, 0.4) is 0 Å². The molecule has 1 heterocycles. The van der Waals surface area contributed by atoms with Crippen molar-refractivity contribution in [2.45, 2.75) is 39.7 Å². The highest BCUT2D eigenvalue weighted by molar-refractivity contribution is 5.82. The molecule has 1 atom stereocenters. The van der Waals surface area contributed by atoms with E-state index in [-0.39, 0.29) is 11.9 Å². The first-order chi connectivity index (χ1) is 7.95. The summed E-state index contributed by atoms with van der Waals surface area (Å²) in [6, 6.07) is 3.82. The van der Waals surface area contributed by atoms with E-state index in [1.54, 1.807) is 6.26 Å². The minimum Gasteiger partial charge on any atom is -0.469 e. The molecule has 0 fully saturated rings. The Kier molecular flexibility index (Phi) is 4.75. The summed E-state index contributed by atoms with van der Waals surface area (Å²) in [4.78, 5) is 12.0. The molecule has 1 rings (SSSR count). The number of hydrogen-bond donors (Lipinski definition) is 2. The van der Waals surface area contributed by atoms with E-state index in [9.17, 15) is 4.79 Å². The Balaban J connectivity index is 2.45. The molecule has 4 nitrogen and oxygen atoms in total. The van der Waals surface area contributed by atoms with Gasteiger partial charge in [-0.1, -0.05) is 13.8 Å². The minimum atomic E-state index is -0.411. The van der Waals surface area contributed by atoms with Crippen molar-refractivity contribution in [2.24, 2.45) is 11.1 Å². The van der Waals surface area contributed by atoms with Gasteiger partial charge in [0, 0.05) is 17.9 Å². The first-order valence-electron chi connectivity index (χ1n) is 5.99. The molecule has 4 heteroatoms. The van der Waals surface area contributed by atoms with Gasteiger partial charge in [0.2, 0.25) is 5.91 Å². The molecule has 0 aliphatic heterocycles. The lowest BCUT2D eigenvalue weighted by Gasteiger charge is -2.25. The molecule has 0 radical (unpaired) electrons. The largest absolute Gasteiger partial charge is 0.469 e. The Morgan fingerprint density at radius 2 is 2.29 bits per heavy atom. The fraction of sp³-hybridized carbons (Fsp3) is 0.615. The number of carbonyl (C=O) groups excluding carboxylic acids is 1. The van der Waals surface area contributed by atoms with Crippen LogP contribution in [-0.2, 0) is 11.2 Å². The summed E-state index contributed by atoms with van der Waals surface area (Å²) in [5.74, 6) is 0.927. The molecule has 17 heavy (non-hydrogen) atoms. The zero-order valence-corrected chi connectivity index (χ0v) is 10.8. The van der Waals surface area contributed by atoms with Gasteiger partial charge >= 0.3 is 0 Å². The van der Waals surface area contributed by atoms with Crippen LogP contribution in [0, 0.1) is 5.41 Å². The van der Waals surface area contributed by atoms with Gasteiger partial charge in [-0.25, -0.2) is 0 Å². The van der Waals surface area contributed by atoms with Crippen molar-refractivity contribution in [2.75, 3.05) is 6.54 Å². The summed E-state index contributed by atoms with van der Waals surface area (Å²) < 4.78 is 5.25. The summed E-state index contributed by atoms with van der Waals surface area (Å²) in [7, 11) is 0. The second-order valence-electron chi connectivity index (χ2n) is 5.08. The monoisotopic (exact) mass is 238 g/mol. The average molecular weight is 238 g/mol. The quantitative estimate of drug-likeness (QED) is 0.792. The van der Waals surface area contributed by atoms with Gasteiger partial charge in [-0.05, 0) is 32.0 Å². The normalized spacial score (nSPS) is 13.4. The smallest absolute Gasteiger partial charge is 0.225 e. The summed E-state index contributed by atoms with van der Waals surface area (Å²) in [5.41, 5.74) is 5.09. The van der Waals surface area contributed by atoms with E-state index in [1.807, 2.05) is 32.9 Å². The molecule has 1 aromatic rings. The Labute approximate surface area is 103 Å². The van der Waals surface area contributed by atoms with Crippen LogP contribution in [0.1, 0.15) is 33.0 Å². The molecule has 1 amide bonds. The Bertz CT molecular complexity index is 344. The van der Waals surface area contributed by atoms with Crippen LogP contribution in [0.25, 0.3) is 0 Å². The summed E-state index contributed by atoms with van der Waals surface area (Å²) in [5, 5.41) is 2.99. The molecule has 0 spiro atoms. The van der Waals surface area contributed by atoms with E-state index in [2.05, 4.69) is 5.32 Å². The molecule has 0 aliphatic rings. The van der Waals surface area contributed by atoms with Crippen molar-refractivity contribution >= 4 is 5.91 Å². The van der Waals surface area contributed by atoms with Crippen LogP contribution in [0.4, 0.5) is 0 Å². The van der Waals surface area contributed by atoms with E-state index in [1.165, 1.54) is 0 Å². The molecule has 3 N–H and O–H groups in total. The molecule has 0 aliphatic carbocycles. The lowest BCUT2D eigenvalue weighted by molar-refractivity contribution is -0.130. The number of nitrogens with two attached hydrogens (primary N) is 1. The molecular formula is C13H22N2O2. The molecule has 0 saturated carbocycles. The van der Waals surface area contributed by atoms with Gasteiger partial charge in [-0.3, -0.25) is 4.79 Å². The maximum atomic E-state index is 12.0. The van der Waals surface area contributed by atoms with Crippen molar-refractivity contribution < 1.29 is 9.21 Å². The zero-order chi connectivity index (χ0) is 12.9. The highest BCUT2D eigenvalue weighted by Gasteiger charge is 2.27. The molecule has 0 saturated heterocycles. The van der Waals surface area contributed by atoms with Crippen molar-refractivity contribution in [3.8, 4) is 0 Å². The van der Waals surface area contributed by atoms with Crippen LogP contribution < -0.4 is 11.1 Å². The average Bonchev–Trinajstić information content (AvgIpc) is 2.69. The Morgan fingerprint density at radius 3 is 2.82 bits per heavy atom. The van der Waals surface area contributed by atoms with Crippen molar-refractivity contribution in [1.29, 1.82) is 0 Å². The number of amides is 1. The van der Waals surface area contributed by atoms with Gasteiger partial charge in [0.1, 0.15) is 5.76 Å². The Hall–Kier alpha value is -1.29. The van der Waals surface area contributed by atoms with E-state index < -0.39 is 5.41 Å². The topological polar surface area (TPSA) is 68.3 Å². The maximum absolute atomic E-state index is 12.0. The van der Waals surface area contributed by atoms with Crippen LogP contribution in [-0.4, -0.2) is 18.5 Å². The van der Waals surface area contributed by atoms with Crippen LogP contribution >= 0.6 is 0 Å². The predicted octanol–water partition coefficient (Wildman–Crippen LogP) is 1.70. The number of furan rings is 1.